The molecule has 0 aliphatic carbocycles. The third-order valence-electron chi connectivity index (χ3n) is 4.64. The van der Waals surface area contributed by atoms with Crippen LogP contribution in [0.25, 0.3) is 0 Å². The molecule has 0 aliphatic heterocycles. The van der Waals surface area contributed by atoms with Gasteiger partial charge in [-0.2, -0.15) is 9.41 Å². The highest BCUT2D eigenvalue weighted by molar-refractivity contribution is 7.89. The molecule has 8 heteroatoms. The van der Waals surface area contributed by atoms with Crippen molar-refractivity contribution in [2.24, 2.45) is 5.10 Å². The molecule has 3 aromatic carbocycles. The zero-order valence-electron chi connectivity index (χ0n) is 17.9. The summed E-state index contributed by atoms with van der Waals surface area (Å²) in [5.41, 5.74) is 5.03. The normalized spacial score (nSPS) is 11.6. The predicted octanol–water partition coefficient (Wildman–Crippen LogP) is 3.34. The van der Waals surface area contributed by atoms with Gasteiger partial charge in [-0.05, 0) is 36.8 Å². The predicted molar refractivity (Wildman–Crippen MR) is 124 cm³/mol. The van der Waals surface area contributed by atoms with E-state index in [9.17, 15) is 13.2 Å². The van der Waals surface area contributed by atoms with Crippen LogP contribution in [0.5, 0.6) is 5.75 Å². The molecule has 32 heavy (non-hydrogen) atoms. The number of para-hydroxylation sites is 1. The number of ether oxygens (including phenoxy) is 1. The highest BCUT2D eigenvalue weighted by Crippen LogP contribution is 2.18. The monoisotopic (exact) mass is 451 g/mol. The Morgan fingerprint density at radius 2 is 1.66 bits per heavy atom. The van der Waals surface area contributed by atoms with Gasteiger partial charge in [0.1, 0.15) is 12.4 Å². The summed E-state index contributed by atoms with van der Waals surface area (Å²) in [6.07, 6.45) is 1.46. The molecule has 0 aromatic heterocycles. The van der Waals surface area contributed by atoms with Crippen molar-refractivity contribution in [1.82, 2.24) is 9.73 Å². The smallest absolute Gasteiger partial charge is 0.255 e. The minimum Gasteiger partial charge on any atom is -0.488 e. The molecule has 0 atom stereocenters. The molecule has 0 radical (unpaired) electrons. The van der Waals surface area contributed by atoms with E-state index in [0.717, 1.165) is 15.4 Å². The lowest BCUT2D eigenvalue weighted by Crippen LogP contribution is -2.36. The molecule has 0 heterocycles. The summed E-state index contributed by atoms with van der Waals surface area (Å²) < 4.78 is 32.0. The van der Waals surface area contributed by atoms with E-state index in [1.807, 2.05) is 61.5 Å². The van der Waals surface area contributed by atoms with E-state index >= 15 is 0 Å². The number of sulfonamides is 1. The van der Waals surface area contributed by atoms with E-state index in [1.165, 1.54) is 25.4 Å². The topological polar surface area (TPSA) is 88.1 Å². The highest BCUT2D eigenvalue weighted by Gasteiger charge is 2.22. The van der Waals surface area contributed by atoms with Gasteiger partial charge in [0.25, 0.3) is 5.91 Å². The molecule has 0 aliphatic rings. The number of carbonyl (C=O) groups is 1. The van der Waals surface area contributed by atoms with Gasteiger partial charge in [0.05, 0.1) is 17.7 Å². The number of benzene rings is 3. The first kappa shape index (κ1) is 23.2. The van der Waals surface area contributed by atoms with Crippen molar-refractivity contribution in [3.8, 4) is 5.75 Å². The minimum absolute atomic E-state index is 0.131. The molecule has 0 bridgehead atoms. The van der Waals surface area contributed by atoms with Crippen molar-refractivity contribution in [1.29, 1.82) is 0 Å². The number of likely N-dealkylation sites (N-methyl/N-ethyl adjacent to an activating group) is 1. The zero-order valence-corrected chi connectivity index (χ0v) is 18.7. The van der Waals surface area contributed by atoms with Crippen molar-refractivity contribution in [3.63, 3.8) is 0 Å². The standard InChI is InChI=1S/C24H25N3O4S/c1-19-12-14-22(15-13-19)32(29,30)27(2)17-24(28)26-25-16-21-10-6-7-11-23(21)31-18-20-8-4-3-5-9-20/h3-16H,17-18H2,1-2H3,(H,26,28)/b25-16+. The third kappa shape index (κ3) is 6.26. The number of hydrogen-bond acceptors (Lipinski definition) is 5. The Labute approximate surface area is 188 Å². The molecular formula is C24H25N3O4S. The van der Waals surface area contributed by atoms with Crippen LogP contribution >= 0.6 is 0 Å². The quantitative estimate of drug-likeness (QED) is 0.399. The third-order valence-corrected chi connectivity index (χ3v) is 6.46. The summed E-state index contributed by atoms with van der Waals surface area (Å²) in [4.78, 5) is 12.3. The number of hydrogen-bond donors (Lipinski definition) is 1. The summed E-state index contributed by atoms with van der Waals surface area (Å²) in [7, 11) is -2.42. The van der Waals surface area contributed by atoms with Crippen molar-refractivity contribution >= 4 is 22.1 Å². The number of hydrazone groups is 1. The Morgan fingerprint density at radius 1 is 1.00 bits per heavy atom. The van der Waals surface area contributed by atoms with Gasteiger partial charge in [0.15, 0.2) is 0 Å². The molecule has 166 valence electrons. The Morgan fingerprint density at radius 3 is 2.38 bits per heavy atom. The number of nitrogens with zero attached hydrogens (tertiary/aromatic N) is 2. The van der Waals surface area contributed by atoms with Crippen LogP contribution in [-0.2, 0) is 21.4 Å². The van der Waals surface area contributed by atoms with Gasteiger partial charge >= 0.3 is 0 Å². The lowest BCUT2D eigenvalue weighted by molar-refractivity contribution is -0.121. The van der Waals surface area contributed by atoms with Crippen LogP contribution in [0.1, 0.15) is 16.7 Å². The SMILES string of the molecule is Cc1ccc(S(=O)(=O)N(C)CC(=O)N/N=C/c2ccccc2OCc2ccccc2)cc1. The summed E-state index contributed by atoms with van der Waals surface area (Å²) in [6.45, 7) is 1.91. The number of amides is 1. The first-order chi connectivity index (χ1) is 15.4. The summed E-state index contributed by atoms with van der Waals surface area (Å²) in [5, 5.41) is 3.95. The fourth-order valence-electron chi connectivity index (χ4n) is 2.84. The molecule has 1 amide bonds. The molecule has 3 rings (SSSR count). The highest BCUT2D eigenvalue weighted by atomic mass is 32.2. The van der Waals surface area contributed by atoms with Crippen molar-refractivity contribution in [2.45, 2.75) is 18.4 Å². The molecule has 0 spiro atoms. The molecule has 0 saturated heterocycles. The average molecular weight is 452 g/mol. The van der Waals surface area contributed by atoms with Crippen molar-refractivity contribution < 1.29 is 17.9 Å². The number of aryl methyl sites for hydroxylation is 1. The zero-order chi connectivity index (χ0) is 23.0. The second kappa shape index (κ2) is 10.7. The lowest BCUT2D eigenvalue weighted by atomic mass is 10.2. The maximum atomic E-state index is 12.6. The maximum Gasteiger partial charge on any atom is 0.255 e. The Balaban J connectivity index is 1.57. The second-order valence-corrected chi connectivity index (χ2v) is 9.22. The molecular weight excluding hydrogens is 426 g/mol. The van der Waals surface area contributed by atoms with Crippen LogP contribution < -0.4 is 10.2 Å². The van der Waals surface area contributed by atoms with Gasteiger partial charge in [0, 0.05) is 12.6 Å². The largest absolute Gasteiger partial charge is 0.488 e. The van der Waals surface area contributed by atoms with Crippen LogP contribution in [-0.4, -0.2) is 38.4 Å². The number of nitrogens with one attached hydrogen (secondary N) is 1. The van der Waals surface area contributed by atoms with Crippen LogP contribution in [0, 0.1) is 6.92 Å². The Hall–Kier alpha value is -3.49. The van der Waals surface area contributed by atoms with Crippen molar-refractivity contribution in [3.05, 3.63) is 95.6 Å². The lowest BCUT2D eigenvalue weighted by Gasteiger charge is -2.16. The first-order valence-corrected chi connectivity index (χ1v) is 11.4. The van der Waals surface area contributed by atoms with Gasteiger partial charge in [-0.3, -0.25) is 4.79 Å². The molecule has 3 aromatic rings. The first-order valence-electron chi connectivity index (χ1n) is 9.97. The molecule has 0 fully saturated rings. The fourth-order valence-corrected chi connectivity index (χ4v) is 3.97. The number of carbonyl (C=O) groups excluding carboxylic acids is 1. The van der Waals surface area contributed by atoms with E-state index in [0.29, 0.717) is 17.9 Å². The second-order valence-electron chi connectivity index (χ2n) is 7.18. The summed E-state index contributed by atoms with van der Waals surface area (Å²) >= 11 is 0. The van der Waals surface area contributed by atoms with Gasteiger partial charge < -0.3 is 4.74 Å². The maximum absolute atomic E-state index is 12.6. The van der Waals surface area contributed by atoms with Crippen LogP contribution in [0.15, 0.2) is 88.9 Å². The van der Waals surface area contributed by atoms with Crippen LogP contribution in [0.2, 0.25) is 0 Å². The van der Waals surface area contributed by atoms with E-state index < -0.39 is 15.9 Å². The minimum atomic E-state index is -3.77. The molecule has 1 N–H and O–H groups in total. The van der Waals surface area contributed by atoms with Crippen LogP contribution in [0.4, 0.5) is 0 Å². The van der Waals surface area contributed by atoms with E-state index in [1.54, 1.807) is 12.1 Å². The average Bonchev–Trinajstić information content (AvgIpc) is 2.79. The molecule has 7 nitrogen and oxygen atoms in total. The molecule has 0 unspecified atom stereocenters. The van der Waals surface area contributed by atoms with E-state index in [2.05, 4.69) is 10.5 Å². The Bertz CT molecular complexity index is 1180. The van der Waals surface area contributed by atoms with E-state index in [-0.39, 0.29) is 11.4 Å². The number of rotatable bonds is 9. The van der Waals surface area contributed by atoms with Crippen LogP contribution in [0.3, 0.4) is 0 Å². The van der Waals surface area contributed by atoms with Gasteiger partial charge in [0.2, 0.25) is 10.0 Å². The van der Waals surface area contributed by atoms with Crippen molar-refractivity contribution in [2.75, 3.05) is 13.6 Å². The van der Waals surface area contributed by atoms with Gasteiger partial charge in [-0.1, -0.05) is 60.2 Å². The van der Waals surface area contributed by atoms with Gasteiger partial charge in [-0.25, -0.2) is 13.8 Å². The Kier molecular flexibility index (Phi) is 7.75. The molecule has 0 saturated carbocycles. The van der Waals surface area contributed by atoms with E-state index in [4.69, 9.17) is 4.74 Å². The summed E-state index contributed by atoms with van der Waals surface area (Å²) in [5.74, 6) is 0.0653. The fraction of sp³-hybridized carbons (Fsp3) is 0.167. The van der Waals surface area contributed by atoms with Gasteiger partial charge in [-0.15, -0.1) is 0 Å². The summed E-state index contributed by atoms with van der Waals surface area (Å²) in [6, 6.07) is 23.5.